The van der Waals surface area contributed by atoms with Gasteiger partial charge in [0.1, 0.15) is 0 Å². The monoisotopic (exact) mass is 389 g/mol. The Labute approximate surface area is 151 Å². The van der Waals surface area contributed by atoms with Crippen LogP contribution in [0.4, 0.5) is 23.7 Å². The molecule has 0 spiro atoms. The summed E-state index contributed by atoms with van der Waals surface area (Å²) in [7, 11) is 0. The molecule has 1 heterocycles. The highest BCUT2D eigenvalue weighted by Gasteiger charge is 2.62. The Bertz CT molecular complexity index is 812. The molecule has 3 nitrogen and oxygen atoms in total. The zero-order valence-electron chi connectivity index (χ0n) is 12.7. The maximum absolute atomic E-state index is 14.0. The number of amides is 1. The highest BCUT2D eigenvalue weighted by atomic mass is 35.5. The number of aryl methyl sites for hydroxylation is 1. The molecule has 2 aromatic rings. The standard InChI is InChI=1S/C17H12Cl2F3NO2/c18-11-8-12-14(13(19)9-11)23-15(24)25-16(12,17(20,21)22)7-6-10-4-2-1-3-5-10/h1-5,8-9H,6-7H2,(H,23,24). The van der Waals surface area contributed by atoms with E-state index in [1.807, 2.05) is 0 Å². The lowest BCUT2D eigenvalue weighted by Gasteiger charge is -2.40. The first-order chi connectivity index (χ1) is 11.7. The summed E-state index contributed by atoms with van der Waals surface area (Å²) in [5, 5.41) is 2.18. The fourth-order valence-corrected chi connectivity index (χ4v) is 3.40. The molecule has 1 amide bonds. The molecule has 0 aromatic heterocycles. The summed E-state index contributed by atoms with van der Waals surface area (Å²) < 4.78 is 46.9. The van der Waals surface area contributed by atoms with Gasteiger partial charge in [-0.3, -0.25) is 5.32 Å². The molecule has 1 aliphatic rings. The first kappa shape index (κ1) is 17.9. The SMILES string of the molecule is O=C1Nc2c(Cl)cc(Cl)cc2C(CCc2ccccc2)(C(F)(F)F)O1. The van der Waals surface area contributed by atoms with Crippen LogP contribution in [0.15, 0.2) is 42.5 Å². The number of hydrogen-bond acceptors (Lipinski definition) is 2. The number of ether oxygens (including phenoxy) is 1. The van der Waals surface area contributed by atoms with E-state index in [4.69, 9.17) is 27.9 Å². The van der Waals surface area contributed by atoms with Crippen LogP contribution in [0.3, 0.4) is 0 Å². The molecule has 0 aliphatic carbocycles. The van der Waals surface area contributed by atoms with Crippen molar-refractivity contribution in [2.24, 2.45) is 0 Å². The molecule has 3 rings (SSSR count). The van der Waals surface area contributed by atoms with E-state index in [-0.39, 0.29) is 27.7 Å². The second-order valence-electron chi connectivity index (χ2n) is 5.64. The van der Waals surface area contributed by atoms with Gasteiger partial charge in [-0.2, -0.15) is 13.2 Å². The van der Waals surface area contributed by atoms with Crippen LogP contribution in [0.25, 0.3) is 0 Å². The third-order valence-corrected chi connectivity index (χ3v) is 4.57. The molecule has 1 aliphatic heterocycles. The number of fused-ring (bicyclic) bond motifs is 1. The smallest absolute Gasteiger partial charge is 0.428 e. The Morgan fingerprint density at radius 2 is 1.80 bits per heavy atom. The number of benzene rings is 2. The number of nitrogens with one attached hydrogen (secondary N) is 1. The van der Waals surface area contributed by atoms with Gasteiger partial charge in [-0.05, 0) is 24.1 Å². The van der Waals surface area contributed by atoms with Gasteiger partial charge >= 0.3 is 12.3 Å². The van der Waals surface area contributed by atoms with E-state index in [1.54, 1.807) is 30.3 Å². The number of carbonyl (C=O) groups excluding carboxylic acids is 1. The molecule has 0 saturated carbocycles. The minimum Gasteiger partial charge on any atom is -0.428 e. The van der Waals surface area contributed by atoms with E-state index in [2.05, 4.69) is 5.32 Å². The van der Waals surface area contributed by atoms with Gasteiger partial charge in [-0.1, -0.05) is 53.5 Å². The number of alkyl halides is 3. The number of halogens is 5. The molecular weight excluding hydrogens is 378 g/mol. The predicted octanol–water partition coefficient (Wildman–Crippen LogP) is 5.95. The molecule has 25 heavy (non-hydrogen) atoms. The van der Waals surface area contributed by atoms with Gasteiger partial charge in [0.2, 0.25) is 5.60 Å². The number of anilines is 1. The molecule has 0 saturated heterocycles. The maximum atomic E-state index is 14.0. The number of hydrogen-bond donors (Lipinski definition) is 1. The molecule has 8 heteroatoms. The Morgan fingerprint density at radius 1 is 1.12 bits per heavy atom. The van der Waals surface area contributed by atoms with Gasteiger partial charge in [0.25, 0.3) is 0 Å². The number of rotatable bonds is 3. The van der Waals surface area contributed by atoms with Crippen molar-refractivity contribution in [1.82, 2.24) is 0 Å². The number of carbonyl (C=O) groups is 1. The lowest BCUT2D eigenvalue weighted by atomic mass is 9.84. The van der Waals surface area contributed by atoms with Crippen LogP contribution in [0.1, 0.15) is 17.5 Å². The Morgan fingerprint density at radius 3 is 2.44 bits per heavy atom. The first-order valence-corrected chi connectivity index (χ1v) is 8.09. The van der Waals surface area contributed by atoms with Crippen LogP contribution in [0.2, 0.25) is 10.0 Å². The average molecular weight is 390 g/mol. The van der Waals surface area contributed by atoms with Crippen molar-refractivity contribution in [3.05, 3.63) is 63.6 Å². The summed E-state index contributed by atoms with van der Waals surface area (Å²) >= 11 is 11.9. The lowest BCUT2D eigenvalue weighted by molar-refractivity contribution is -0.267. The highest BCUT2D eigenvalue weighted by Crippen LogP contribution is 2.52. The topological polar surface area (TPSA) is 38.3 Å². The van der Waals surface area contributed by atoms with Crippen LogP contribution in [-0.4, -0.2) is 12.3 Å². The van der Waals surface area contributed by atoms with E-state index in [0.29, 0.717) is 5.56 Å². The Balaban J connectivity index is 2.11. The molecule has 1 atom stereocenters. The quantitative estimate of drug-likeness (QED) is 0.704. The summed E-state index contributed by atoms with van der Waals surface area (Å²) in [6.07, 6.45) is -6.49. The highest BCUT2D eigenvalue weighted by molar-refractivity contribution is 6.37. The fraction of sp³-hybridized carbons (Fsp3) is 0.235. The average Bonchev–Trinajstić information content (AvgIpc) is 2.53. The van der Waals surface area contributed by atoms with Crippen molar-refractivity contribution in [2.75, 3.05) is 5.32 Å². The Kier molecular flexibility index (Phi) is 4.60. The van der Waals surface area contributed by atoms with E-state index in [1.165, 1.54) is 6.07 Å². The number of cyclic esters (lactones) is 1. The van der Waals surface area contributed by atoms with Crippen molar-refractivity contribution < 1.29 is 22.7 Å². The van der Waals surface area contributed by atoms with E-state index < -0.39 is 24.3 Å². The molecule has 132 valence electrons. The van der Waals surface area contributed by atoms with Crippen LogP contribution in [0.5, 0.6) is 0 Å². The molecule has 0 fully saturated rings. The van der Waals surface area contributed by atoms with Gasteiger partial charge in [-0.25, -0.2) is 4.79 Å². The summed E-state index contributed by atoms with van der Waals surface area (Å²) in [4.78, 5) is 11.8. The van der Waals surface area contributed by atoms with Crippen LogP contribution in [0, 0.1) is 0 Å². The molecule has 1 N–H and O–H groups in total. The van der Waals surface area contributed by atoms with Gasteiger partial charge in [-0.15, -0.1) is 0 Å². The third-order valence-electron chi connectivity index (χ3n) is 4.05. The normalized spacial score (nSPS) is 19.8. The molecule has 1 unspecified atom stereocenters. The predicted molar refractivity (Wildman–Crippen MR) is 89.1 cm³/mol. The molecule has 0 bridgehead atoms. The lowest BCUT2D eigenvalue weighted by Crippen LogP contribution is -2.50. The maximum Gasteiger partial charge on any atom is 0.432 e. The molecular formula is C17H12Cl2F3NO2. The zero-order valence-corrected chi connectivity index (χ0v) is 14.2. The minimum atomic E-state index is -4.84. The van der Waals surface area contributed by atoms with Crippen LogP contribution < -0.4 is 5.32 Å². The Hall–Kier alpha value is -1.92. The molecule has 2 aromatic carbocycles. The summed E-state index contributed by atoms with van der Waals surface area (Å²) in [5.74, 6) is 0. The third kappa shape index (κ3) is 3.28. The van der Waals surface area contributed by atoms with Crippen molar-refractivity contribution in [2.45, 2.75) is 24.6 Å². The summed E-state index contributed by atoms with van der Waals surface area (Å²) in [5.41, 5.74) is -2.56. The van der Waals surface area contributed by atoms with Gasteiger partial charge in [0.15, 0.2) is 0 Å². The van der Waals surface area contributed by atoms with Gasteiger partial charge in [0, 0.05) is 17.0 Å². The first-order valence-electron chi connectivity index (χ1n) is 7.33. The van der Waals surface area contributed by atoms with Crippen molar-refractivity contribution >= 4 is 35.0 Å². The van der Waals surface area contributed by atoms with Gasteiger partial charge in [0.05, 0.1) is 10.7 Å². The molecule has 0 radical (unpaired) electrons. The van der Waals surface area contributed by atoms with Crippen molar-refractivity contribution in [3.8, 4) is 0 Å². The van der Waals surface area contributed by atoms with E-state index in [0.717, 1.165) is 6.07 Å². The van der Waals surface area contributed by atoms with Crippen LogP contribution in [-0.2, 0) is 16.8 Å². The second kappa shape index (κ2) is 6.42. The van der Waals surface area contributed by atoms with Crippen molar-refractivity contribution in [1.29, 1.82) is 0 Å². The van der Waals surface area contributed by atoms with Crippen molar-refractivity contribution in [3.63, 3.8) is 0 Å². The van der Waals surface area contributed by atoms with E-state index >= 15 is 0 Å². The largest absolute Gasteiger partial charge is 0.432 e. The minimum absolute atomic E-state index is 0.0248. The summed E-state index contributed by atoms with van der Waals surface area (Å²) in [6, 6.07) is 11.0. The van der Waals surface area contributed by atoms with Crippen LogP contribution >= 0.6 is 23.2 Å². The zero-order chi connectivity index (χ0) is 18.2. The van der Waals surface area contributed by atoms with Gasteiger partial charge < -0.3 is 4.74 Å². The second-order valence-corrected chi connectivity index (χ2v) is 6.48. The summed E-state index contributed by atoms with van der Waals surface area (Å²) in [6.45, 7) is 0. The fourth-order valence-electron chi connectivity index (χ4n) is 2.86. The van der Waals surface area contributed by atoms with E-state index in [9.17, 15) is 18.0 Å².